The molecule has 1 rings (SSSR count). The first-order valence-electron chi connectivity index (χ1n) is 10.1. The molecule has 3 N–H and O–H groups in total. The Bertz CT molecular complexity index is 359. The zero-order valence-corrected chi connectivity index (χ0v) is 19.4. The summed E-state index contributed by atoms with van der Waals surface area (Å²) in [5, 5.41) is 16.1. The third-order valence-electron chi connectivity index (χ3n) is 5.36. The molecular weight excluding hydrogens is 443 g/mol. The summed E-state index contributed by atoms with van der Waals surface area (Å²) in [5.74, 6) is 0.901. The summed E-state index contributed by atoms with van der Waals surface area (Å²) in [6.45, 7) is 14.3. The zero-order chi connectivity index (χ0) is 18.4. The summed E-state index contributed by atoms with van der Waals surface area (Å²) in [6, 6.07) is 0. The minimum absolute atomic E-state index is 0. The Morgan fingerprint density at radius 1 is 1.12 bits per heavy atom. The molecule has 0 aliphatic carbocycles. The number of ether oxygens (including phenoxy) is 1. The van der Waals surface area contributed by atoms with Crippen LogP contribution in [0.3, 0.4) is 0 Å². The van der Waals surface area contributed by atoms with E-state index in [9.17, 15) is 5.11 Å². The molecule has 0 amide bonds. The number of aliphatic hydroxyl groups is 1. The second kappa shape index (κ2) is 15.9. The van der Waals surface area contributed by atoms with E-state index < -0.39 is 0 Å². The van der Waals surface area contributed by atoms with Gasteiger partial charge in [-0.3, -0.25) is 9.89 Å². The van der Waals surface area contributed by atoms with Crippen LogP contribution in [0, 0.1) is 5.41 Å². The molecule has 156 valence electrons. The molecule has 1 aliphatic rings. The van der Waals surface area contributed by atoms with Gasteiger partial charge in [-0.05, 0) is 51.0 Å². The minimum atomic E-state index is 0. The quantitative estimate of drug-likeness (QED) is 0.172. The van der Waals surface area contributed by atoms with Crippen LogP contribution in [-0.4, -0.2) is 75.1 Å². The second-order valence-electron chi connectivity index (χ2n) is 6.96. The molecule has 0 aromatic carbocycles. The van der Waals surface area contributed by atoms with Crippen LogP contribution in [0.15, 0.2) is 4.99 Å². The number of morpholine rings is 1. The molecule has 0 radical (unpaired) electrons. The monoisotopic (exact) mass is 484 g/mol. The SMILES string of the molecule is CCNC(=NCC(CC)(CC)CCO)NCCCCN1CCOCC1.I. The van der Waals surface area contributed by atoms with Gasteiger partial charge in [0.05, 0.1) is 13.2 Å². The van der Waals surface area contributed by atoms with E-state index in [1.165, 1.54) is 6.42 Å². The lowest BCUT2D eigenvalue weighted by molar-refractivity contribution is 0.0372. The molecule has 0 aromatic heterocycles. The number of hydrogen-bond acceptors (Lipinski definition) is 4. The number of halogens is 1. The third kappa shape index (κ3) is 10.3. The smallest absolute Gasteiger partial charge is 0.191 e. The van der Waals surface area contributed by atoms with Crippen LogP contribution in [0.5, 0.6) is 0 Å². The van der Waals surface area contributed by atoms with E-state index in [1.807, 2.05) is 0 Å². The van der Waals surface area contributed by atoms with Crippen molar-refractivity contribution in [2.24, 2.45) is 10.4 Å². The molecule has 1 heterocycles. The van der Waals surface area contributed by atoms with Gasteiger partial charge in [0.15, 0.2) is 5.96 Å². The van der Waals surface area contributed by atoms with Crippen LogP contribution in [0.2, 0.25) is 0 Å². The van der Waals surface area contributed by atoms with Gasteiger partial charge in [-0.2, -0.15) is 0 Å². The van der Waals surface area contributed by atoms with Crippen molar-refractivity contribution in [3.8, 4) is 0 Å². The zero-order valence-electron chi connectivity index (χ0n) is 17.1. The summed E-state index contributed by atoms with van der Waals surface area (Å²) >= 11 is 0. The van der Waals surface area contributed by atoms with Gasteiger partial charge in [-0.25, -0.2) is 0 Å². The van der Waals surface area contributed by atoms with Crippen molar-refractivity contribution in [2.75, 3.05) is 59.1 Å². The Balaban J connectivity index is 0.00000625. The number of guanidine groups is 1. The summed E-state index contributed by atoms with van der Waals surface area (Å²) < 4.78 is 5.38. The maximum Gasteiger partial charge on any atom is 0.191 e. The highest BCUT2D eigenvalue weighted by Crippen LogP contribution is 2.30. The Labute approximate surface area is 177 Å². The number of aliphatic hydroxyl groups excluding tert-OH is 1. The molecule has 7 heteroatoms. The van der Waals surface area contributed by atoms with Crippen molar-refractivity contribution in [3.63, 3.8) is 0 Å². The van der Waals surface area contributed by atoms with Gasteiger partial charge in [0.2, 0.25) is 0 Å². The highest BCUT2D eigenvalue weighted by atomic mass is 127. The summed E-state index contributed by atoms with van der Waals surface area (Å²) in [4.78, 5) is 7.27. The van der Waals surface area contributed by atoms with Crippen LogP contribution in [-0.2, 0) is 4.74 Å². The van der Waals surface area contributed by atoms with Gasteiger partial charge < -0.3 is 20.5 Å². The third-order valence-corrected chi connectivity index (χ3v) is 5.36. The lowest BCUT2D eigenvalue weighted by Gasteiger charge is -2.29. The van der Waals surface area contributed by atoms with Gasteiger partial charge in [0.25, 0.3) is 0 Å². The second-order valence-corrected chi connectivity index (χ2v) is 6.96. The number of rotatable bonds is 12. The molecule has 0 spiro atoms. The molecule has 6 nitrogen and oxygen atoms in total. The molecule has 1 saturated heterocycles. The summed E-state index contributed by atoms with van der Waals surface area (Å²) in [6.07, 6.45) is 5.26. The number of nitrogens with one attached hydrogen (secondary N) is 2. The van der Waals surface area contributed by atoms with Crippen LogP contribution >= 0.6 is 24.0 Å². The van der Waals surface area contributed by atoms with Crippen LogP contribution in [0.4, 0.5) is 0 Å². The lowest BCUT2D eigenvalue weighted by Crippen LogP contribution is -2.39. The first-order valence-corrected chi connectivity index (χ1v) is 10.1. The van der Waals surface area contributed by atoms with Gasteiger partial charge in [-0.1, -0.05) is 13.8 Å². The molecule has 1 fully saturated rings. The van der Waals surface area contributed by atoms with Crippen molar-refractivity contribution in [3.05, 3.63) is 0 Å². The molecule has 1 aliphatic heterocycles. The summed E-state index contributed by atoms with van der Waals surface area (Å²) in [7, 11) is 0. The molecule has 0 atom stereocenters. The highest BCUT2D eigenvalue weighted by Gasteiger charge is 2.25. The van der Waals surface area contributed by atoms with Gasteiger partial charge in [0, 0.05) is 39.3 Å². The number of unbranched alkanes of at least 4 members (excludes halogenated alkanes) is 1. The van der Waals surface area contributed by atoms with Crippen LogP contribution in [0.1, 0.15) is 52.9 Å². The Morgan fingerprint density at radius 3 is 2.38 bits per heavy atom. The fraction of sp³-hybridized carbons (Fsp3) is 0.947. The van der Waals surface area contributed by atoms with E-state index in [-0.39, 0.29) is 36.0 Å². The van der Waals surface area contributed by atoms with Crippen molar-refractivity contribution in [2.45, 2.75) is 52.9 Å². The first-order chi connectivity index (χ1) is 12.2. The standard InChI is InChI=1S/C19H40N4O2.HI/c1-4-19(5-2,9-14-24)17-22-18(20-6-3)21-10-7-8-11-23-12-15-25-16-13-23;/h24H,4-17H2,1-3H3,(H2,20,21,22);1H. The number of nitrogens with zero attached hydrogens (tertiary/aromatic N) is 2. The van der Waals surface area contributed by atoms with E-state index >= 15 is 0 Å². The normalized spacial score (nSPS) is 16.2. The molecule has 0 aromatic rings. The van der Waals surface area contributed by atoms with E-state index in [4.69, 9.17) is 9.73 Å². The maximum absolute atomic E-state index is 9.35. The minimum Gasteiger partial charge on any atom is -0.396 e. The average Bonchev–Trinajstić information content (AvgIpc) is 2.65. The molecule has 26 heavy (non-hydrogen) atoms. The predicted molar refractivity (Wildman–Crippen MR) is 121 cm³/mol. The largest absolute Gasteiger partial charge is 0.396 e. The van der Waals surface area contributed by atoms with E-state index in [0.29, 0.717) is 0 Å². The van der Waals surface area contributed by atoms with Crippen molar-refractivity contribution < 1.29 is 9.84 Å². The number of aliphatic imine (C=N–C) groups is 1. The van der Waals surface area contributed by atoms with Crippen LogP contribution in [0.25, 0.3) is 0 Å². The predicted octanol–water partition coefficient (Wildman–Crippen LogP) is 2.46. The molecule has 0 bridgehead atoms. The van der Waals surface area contributed by atoms with E-state index in [0.717, 1.165) is 84.1 Å². The lowest BCUT2D eigenvalue weighted by atomic mass is 9.79. The Hall–Kier alpha value is -0.120. The highest BCUT2D eigenvalue weighted by molar-refractivity contribution is 14.0. The fourth-order valence-corrected chi connectivity index (χ4v) is 3.22. The van der Waals surface area contributed by atoms with Crippen molar-refractivity contribution >= 4 is 29.9 Å². The van der Waals surface area contributed by atoms with Gasteiger partial charge in [-0.15, -0.1) is 24.0 Å². The average molecular weight is 484 g/mol. The molecule has 0 saturated carbocycles. The Morgan fingerprint density at radius 2 is 1.81 bits per heavy atom. The first kappa shape index (κ1) is 25.9. The van der Waals surface area contributed by atoms with Crippen molar-refractivity contribution in [1.29, 1.82) is 0 Å². The topological polar surface area (TPSA) is 69.1 Å². The molecular formula is C19H41IN4O2. The molecule has 0 unspecified atom stereocenters. The van der Waals surface area contributed by atoms with Crippen molar-refractivity contribution in [1.82, 2.24) is 15.5 Å². The number of hydrogen-bond donors (Lipinski definition) is 3. The Kier molecular flexibility index (Phi) is 15.8. The van der Waals surface area contributed by atoms with Crippen LogP contribution < -0.4 is 10.6 Å². The van der Waals surface area contributed by atoms with Gasteiger partial charge in [0.1, 0.15) is 0 Å². The maximum atomic E-state index is 9.35. The van der Waals surface area contributed by atoms with E-state index in [2.05, 4.69) is 36.3 Å². The van der Waals surface area contributed by atoms with Gasteiger partial charge >= 0.3 is 0 Å². The van der Waals surface area contributed by atoms with E-state index in [1.54, 1.807) is 0 Å². The fourth-order valence-electron chi connectivity index (χ4n) is 3.22. The summed E-state index contributed by atoms with van der Waals surface area (Å²) in [5.41, 5.74) is 0.118.